The van der Waals surface area contributed by atoms with Crippen molar-refractivity contribution >= 4 is 12.2 Å². The van der Waals surface area contributed by atoms with Crippen LogP contribution in [-0.4, -0.2) is 32.3 Å². The third-order valence-electron chi connectivity index (χ3n) is 3.24. The number of nitrogens with zero attached hydrogens (tertiary/aromatic N) is 5. The van der Waals surface area contributed by atoms with Crippen LogP contribution in [0.4, 0.5) is 0 Å². The normalized spacial score (nSPS) is 10.8. The molecule has 0 atom stereocenters. The fourth-order valence-electron chi connectivity index (χ4n) is 2.22. The van der Waals surface area contributed by atoms with Crippen LogP contribution < -0.4 is 0 Å². The highest BCUT2D eigenvalue weighted by molar-refractivity contribution is 7.71. The maximum absolute atomic E-state index is 8.90. The Morgan fingerprint density at radius 3 is 2.67 bits per heavy atom. The van der Waals surface area contributed by atoms with E-state index in [1.807, 2.05) is 46.8 Å². The van der Waals surface area contributed by atoms with Gasteiger partial charge in [0.15, 0.2) is 10.6 Å². The zero-order valence-electron chi connectivity index (χ0n) is 12.4. The molecule has 0 aliphatic heterocycles. The Balaban J connectivity index is 2.30. The molecule has 0 aliphatic carbocycles. The van der Waals surface area contributed by atoms with Crippen molar-refractivity contribution in [1.82, 2.24) is 19.2 Å². The SMILES string of the molecule is CCCN(CC#N)Cn1nc(-c2ccccc2)n(C)c1=S. The zero-order chi connectivity index (χ0) is 15.2. The molecule has 2 rings (SSSR count). The van der Waals surface area contributed by atoms with Crippen LogP contribution in [0, 0.1) is 16.1 Å². The predicted molar refractivity (Wildman–Crippen MR) is 84.9 cm³/mol. The maximum atomic E-state index is 8.90. The van der Waals surface area contributed by atoms with Gasteiger partial charge in [-0.25, -0.2) is 4.68 Å². The van der Waals surface area contributed by atoms with E-state index in [1.165, 1.54) is 0 Å². The number of benzene rings is 1. The summed E-state index contributed by atoms with van der Waals surface area (Å²) in [5.74, 6) is 0.842. The Morgan fingerprint density at radius 1 is 1.33 bits per heavy atom. The molecule has 1 aromatic heterocycles. The number of nitriles is 1. The number of hydrogen-bond donors (Lipinski definition) is 0. The van der Waals surface area contributed by atoms with E-state index in [-0.39, 0.29) is 0 Å². The highest BCUT2D eigenvalue weighted by Crippen LogP contribution is 2.16. The Bertz CT molecular complexity index is 680. The first-order valence-corrected chi connectivity index (χ1v) is 7.36. The van der Waals surface area contributed by atoms with Gasteiger partial charge in [0.25, 0.3) is 0 Å². The molecule has 0 radical (unpaired) electrons. The summed E-state index contributed by atoms with van der Waals surface area (Å²) in [4.78, 5) is 2.04. The third kappa shape index (κ3) is 3.57. The van der Waals surface area contributed by atoms with Gasteiger partial charge < -0.3 is 4.57 Å². The highest BCUT2D eigenvalue weighted by Gasteiger charge is 2.12. The van der Waals surface area contributed by atoms with Crippen LogP contribution in [0.1, 0.15) is 13.3 Å². The van der Waals surface area contributed by atoms with E-state index in [0.717, 1.165) is 24.4 Å². The quantitative estimate of drug-likeness (QED) is 0.608. The van der Waals surface area contributed by atoms with Gasteiger partial charge in [-0.2, -0.15) is 10.4 Å². The molecular formula is C15H19N5S. The van der Waals surface area contributed by atoms with Gasteiger partial charge in [-0.3, -0.25) is 4.90 Å². The molecule has 5 nitrogen and oxygen atoms in total. The van der Waals surface area contributed by atoms with Gasteiger partial charge >= 0.3 is 0 Å². The summed E-state index contributed by atoms with van der Waals surface area (Å²) in [6, 6.07) is 12.2. The molecule has 0 spiro atoms. The highest BCUT2D eigenvalue weighted by atomic mass is 32.1. The van der Waals surface area contributed by atoms with Gasteiger partial charge in [0, 0.05) is 19.2 Å². The summed E-state index contributed by atoms with van der Waals surface area (Å²) in [7, 11) is 1.92. The molecule has 0 fully saturated rings. The average Bonchev–Trinajstić information content (AvgIpc) is 2.77. The summed E-state index contributed by atoms with van der Waals surface area (Å²) < 4.78 is 4.35. The first-order valence-electron chi connectivity index (χ1n) is 6.96. The number of rotatable bonds is 6. The fourth-order valence-corrected chi connectivity index (χ4v) is 2.41. The Labute approximate surface area is 130 Å². The van der Waals surface area contributed by atoms with Gasteiger partial charge in [-0.05, 0) is 18.6 Å². The molecular weight excluding hydrogens is 282 g/mol. The number of aromatic nitrogens is 3. The lowest BCUT2D eigenvalue weighted by Crippen LogP contribution is -2.28. The van der Waals surface area contributed by atoms with Crippen LogP contribution in [0.2, 0.25) is 0 Å². The van der Waals surface area contributed by atoms with Crippen molar-refractivity contribution in [3.63, 3.8) is 0 Å². The molecule has 110 valence electrons. The molecule has 1 aromatic carbocycles. The van der Waals surface area contributed by atoms with Crippen LogP contribution in [0.5, 0.6) is 0 Å². The molecule has 0 unspecified atom stereocenters. The zero-order valence-corrected chi connectivity index (χ0v) is 13.2. The summed E-state index contributed by atoms with van der Waals surface area (Å²) in [6.45, 7) is 3.87. The topological polar surface area (TPSA) is 49.8 Å². The molecule has 1 heterocycles. The average molecular weight is 301 g/mol. The molecule has 0 bridgehead atoms. The van der Waals surface area contributed by atoms with E-state index in [2.05, 4.69) is 18.1 Å². The van der Waals surface area contributed by atoms with E-state index in [4.69, 9.17) is 17.5 Å². The molecule has 2 aromatic rings. The standard InChI is InChI=1S/C15H19N5S/c1-3-10-19(11-9-16)12-20-15(21)18(2)14(17-20)13-7-5-4-6-8-13/h4-8H,3,10-12H2,1-2H3. The van der Waals surface area contributed by atoms with Crippen LogP contribution in [0.25, 0.3) is 11.4 Å². The minimum absolute atomic E-state index is 0.382. The van der Waals surface area contributed by atoms with Crippen LogP contribution in [0.15, 0.2) is 30.3 Å². The number of hydrogen-bond acceptors (Lipinski definition) is 4. The molecule has 0 saturated heterocycles. The molecule has 6 heteroatoms. The van der Waals surface area contributed by atoms with Gasteiger partial charge in [0.1, 0.15) is 0 Å². The molecule has 0 N–H and O–H groups in total. The Kier molecular flexibility index (Phi) is 5.26. The van der Waals surface area contributed by atoms with E-state index in [1.54, 1.807) is 4.68 Å². The van der Waals surface area contributed by atoms with Crippen LogP contribution in [-0.2, 0) is 13.7 Å². The lowest BCUT2D eigenvalue weighted by Gasteiger charge is -2.17. The second kappa shape index (κ2) is 7.16. The summed E-state index contributed by atoms with van der Waals surface area (Å²) >= 11 is 5.45. The molecule has 0 amide bonds. The minimum atomic E-state index is 0.382. The van der Waals surface area contributed by atoms with E-state index < -0.39 is 0 Å². The summed E-state index contributed by atoms with van der Waals surface area (Å²) in [5, 5.41) is 13.5. The third-order valence-corrected chi connectivity index (χ3v) is 3.73. The first-order chi connectivity index (χ1) is 10.2. The fraction of sp³-hybridized carbons (Fsp3) is 0.400. The van der Waals surface area contributed by atoms with Crippen molar-refractivity contribution in [2.75, 3.05) is 13.1 Å². The summed E-state index contributed by atoms with van der Waals surface area (Å²) in [5.41, 5.74) is 1.03. The van der Waals surface area contributed by atoms with E-state index in [0.29, 0.717) is 18.0 Å². The van der Waals surface area contributed by atoms with Crippen molar-refractivity contribution in [3.8, 4) is 17.5 Å². The first kappa shape index (κ1) is 15.4. The second-order valence-corrected chi connectivity index (χ2v) is 5.25. The minimum Gasteiger partial charge on any atom is -0.303 e. The van der Waals surface area contributed by atoms with Crippen molar-refractivity contribution in [1.29, 1.82) is 5.26 Å². The smallest absolute Gasteiger partial charge is 0.199 e. The Morgan fingerprint density at radius 2 is 2.05 bits per heavy atom. The largest absolute Gasteiger partial charge is 0.303 e. The predicted octanol–water partition coefficient (Wildman–Crippen LogP) is 2.81. The van der Waals surface area contributed by atoms with Gasteiger partial charge in [0.2, 0.25) is 0 Å². The second-order valence-electron chi connectivity index (χ2n) is 4.88. The molecule has 21 heavy (non-hydrogen) atoms. The van der Waals surface area contributed by atoms with Gasteiger partial charge in [0.05, 0.1) is 19.3 Å². The van der Waals surface area contributed by atoms with Crippen LogP contribution in [0.3, 0.4) is 0 Å². The van der Waals surface area contributed by atoms with Crippen molar-refractivity contribution in [3.05, 3.63) is 35.1 Å². The van der Waals surface area contributed by atoms with Gasteiger partial charge in [-0.15, -0.1) is 0 Å². The lowest BCUT2D eigenvalue weighted by atomic mass is 10.2. The lowest BCUT2D eigenvalue weighted by molar-refractivity contribution is 0.230. The van der Waals surface area contributed by atoms with Crippen molar-refractivity contribution in [2.45, 2.75) is 20.0 Å². The Hall–Kier alpha value is -1.97. The summed E-state index contributed by atoms with van der Waals surface area (Å²) in [6.07, 6.45) is 0.993. The van der Waals surface area contributed by atoms with E-state index in [9.17, 15) is 0 Å². The van der Waals surface area contributed by atoms with Crippen molar-refractivity contribution < 1.29 is 0 Å². The van der Waals surface area contributed by atoms with Gasteiger partial charge in [-0.1, -0.05) is 37.3 Å². The molecule has 0 aliphatic rings. The monoisotopic (exact) mass is 301 g/mol. The molecule has 0 saturated carbocycles. The van der Waals surface area contributed by atoms with Crippen molar-refractivity contribution in [2.24, 2.45) is 7.05 Å². The van der Waals surface area contributed by atoms with E-state index >= 15 is 0 Å². The maximum Gasteiger partial charge on any atom is 0.199 e. The van der Waals surface area contributed by atoms with Crippen LogP contribution >= 0.6 is 12.2 Å².